The fraction of sp³-hybridized carbons (Fsp3) is 0.174. The fourth-order valence-corrected chi connectivity index (χ4v) is 3.24. The van der Waals surface area contributed by atoms with E-state index in [1.807, 2.05) is 42.5 Å². The molecule has 0 spiro atoms. The van der Waals surface area contributed by atoms with Gasteiger partial charge in [0.2, 0.25) is 0 Å². The first kappa shape index (κ1) is 17.0. The molecule has 0 amide bonds. The Kier molecular flexibility index (Phi) is 5.61. The molecule has 1 unspecified atom stereocenters. The highest BCUT2D eigenvalue weighted by Crippen LogP contribution is 2.30. The Morgan fingerprint density at radius 1 is 0.800 bits per heavy atom. The molecule has 0 aliphatic rings. The Morgan fingerprint density at radius 3 is 2.12 bits per heavy atom. The Balaban J connectivity index is 1.87. The van der Waals surface area contributed by atoms with Crippen molar-refractivity contribution < 1.29 is 0 Å². The van der Waals surface area contributed by atoms with Gasteiger partial charge in [-0.05, 0) is 47.6 Å². The molecule has 2 atom stereocenters. The summed E-state index contributed by atoms with van der Waals surface area (Å²) in [5.74, 6) is 0.269. The third kappa shape index (κ3) is 4.56. The second kappa shape index (κ2) is 8.28. The predicted octanol–water partition coefficient (Wildman–Crippen LogP) is 4.97. The van der Waals surface area contributed by atoms with Crippen molar-refractivity contribution in [3.05, 3.63) is 107 Å². The van der Waals surface area contributed by atoms with Gasteiger partial charge in [0.1, 0.15) is 0 Å². The van der Waals surface area contributed by atoms with Crippen LogP contribution in [0.3, 0.4) is 0 Å². The summed E-state index contributed by atoms with van der Waals surface area (Å²) in [5.41, 5.74) is 10.8. The van der Waals surface area contributed by atoms with Crippen molar-refractivity contribution in [2.75, 3.05) is 0 Å². The van der Waals surface area contributed by atoms with Crippen molar-refractivity contribution in [2.24, 2.45) is 5.73 Å². The summed E-state index contributed by atoms with van der Waals surface area (Å²) in [7, 11) is 0. The number of nitriles is 1. The molecule has 0 saturated carbocycles. The average molecular weight is 326 g/mol. The minimum absolute atomic E-state index is 0.0272. The van der Waals surface area contributed by atoms with Gasteiger partial charge in [-0.25, -0.2) is 0 Å². The molecule has 0 aromatic heterocycles. The lowest BCUT2D eigenvalue weighted by Crippen LogP contribution is -2.16. The summed E-state index contributed by atoms with van der Waals surface area (Å²) in [4.78, 5) is 0. The van der Waals surface area contributed by atoms with Crippen LogP contribution < -0.4 is 5.73 Å². The maximum absolute atomic E-state index is 9.22. The lowest BCUT2D eigenvalue weighted by atomic mass is 9.84. The molecule has 0 aliphatic carbocycles. The zero-order chi connectivity index (χ0) is 17.5. The van der Waals surface area contributed by atoms with E-state index >= 15 is 0 Å². The van der Waals surface area contributed by atoms with Gasteiger partial charge in [-0.2, -0.15) is 5.26 Å². The van der Waals surface area contributed by atoms with E-state index in [0.29, 0.717) is 5.56 Å². The van der Waals surface area contributed by atoms with Crippen molar-refractivity contribution in [3.63, 3.8) is 0 Å². The minimum Gasteiger partial charge on any atom is -0.324 e. The Labute approximate surface area is 149 Å². The zero-order valence-corrected chi connectivity index (χ0v) is 14.2. The Hall–Kier alpha value is -2.89. The van der Waals surface area contributed by atoms with Gasteiger partial charge in [0.25, 0.3) is 0 Å². The van der Waals surface area contributed by atoms with Crippen LogP contribution in [0.2, 0.25) is 0 Å². The van der Waals surface area contributed by atoms with Crippen molar-refractivity contribution in [2.45, 2.75) is 24.8 Å². The van der Waals surface area contributed by atoms with Crippen LogP contribution in [0.1, 0.15) is 40.6 Å². The van der Waals surface area contributed by atoms with Gasteiger partial charge in [-0.3, -0.25) is 0 Å². The fourth-order valence-electron chi connectivity index (χ4n) is 3.24. The number of hydrogen-bond acceptors (Lipinski definition) is 2. The molecule has 3 rings (SSSR count). The van der Waals surface area contributed by atoms with Crippen molar-refractivity contribution in [3.8, 4) is 6.07 Å². The summed E-state index contributed by atoms with van der Waals surface area (Å²) in [6.45, 7) is 0. The molecule has 0 aliphatic heterocycles. The summed E-state index contributed by atoms with van der Waals surface area (Å²) < 4.78 is 0. The normalized spacial score (nSPS) is 13.0. The first-order valence-electron chi connectivity index (χ1n) is 8.61. The Bertz CT molecular complexity index is 835. The Morgan fingerprint density at radius 2 is 1.44 bits per heavy atom. The molecule has 3 aromatic carbocycles. The van der Waals surface area contributed by atoms with Crippen LogP contribution in [0.4, 0.5) is 0 Å². The number of nitrogens with zero attached hydrogens (tertiary/aromatic N) is 1. The molecular formula is C23H22N2. The lowest BCUT2D eigenvalue weighted by Gasteiger charge is -2.22. The molecule has 2 nitrogen and oxygen atoms in total. The van der Waals surface area contributed by atoms with Gasteiger partial charge in [0.05, 0.1) is 11.6 Å². The standard InChI is InChI=1S/C23H22N2/c24-17-19-10-7-13-21(15-19)22(14-18-8-3-1-4-9-18)16-23(25)20-11-5-2-6-12-20/h1-13,15,22-23H,14,16,25H2/t22-,23?/m0/s1. The van der Waals surface area contributed by atoms with Crippen molar-refractivity contribution in [1.82, 2.24) is 0 Å². The predicted molar refractivity (Wildman–Crippen MR) is 102 cm³/mol. The van der Waals surface area contributed by atoms with E-state index in [2.05, 4.69) is 48.5 Å². The first-order valence-corrected chi connectivity index (χ1v) is 8.61. The van der Waals surface area contributed by atoms with Gasteiger partial charge >= 0.3 is 0 Å². The van der Waals surface area contributed by atoms with E-state index in [0.717, 1.165) is 18.4 Å². The van der Waals surface area contributed by atoms with Gasteiger partial charge in [-0.15, -0.1) is 0 Å². The number of benzene rings is 3. The molecule has 0 fully saturated rings. The highest BCUT2D eigenvalue weighted by Gasteiger charge is 2.18. The minimum atomic E-state index is -0.0272. The van der Waals surface area contributed by atoms with E-state index < -0.39 is 0 Å². The molecule has 124 valence electrons. The number of rotatable bonds is 6. The largest absolute Gasteiger partial charge is 0.324 e. The molecule has 2 N–H and O–H groups in total. The highest BCUT2D eigenvalue weighted by atomic mass is 14.6. The van der Waals surface area contributed by atoms with Crippen LogP contribution in [0.5, 0.6) is 0 Å². The third-order valence-corrected chi connectivity index (χ3v) is 4.58. The summed E-state index contributed by atoms with van der Waals surface area (Å²) in [6, 6.07) is 30.8. The average Bonchev–Trinajstić information content (AvgIpc) is 2.69. The molecule has 0 saturated heterocycles. The van der Waals surface area contributed by atoms with Gasteiger partial charge < -0.3 is 5.73 Å². The first-order chi connectivity index (χ1) is 12.3. The second-order valence-corrected chi connectivity index (χ2v) is 6.38. The molecule has 25 heavy (non-hydrogen) atoms. The molecule has 3 aromatic rings. The second-order valence-electron chi connectivity index (χ2n) is 6.38. The van der Waals surface area contributed by atoms with E-state index in [9.17, 15) is 5.26 Å². The summed E-state index contributed by atoms with van der Waals surface area (Å²) in [6.07, 6.45) is 1.75. The van der Waals surface area contributed by atoms with E-state index in [4.69, 9.17) is 5.73 Å². The van der Waals surface area contributed by atoms with Crippen LogP contribution >= 0.6 is 0 Å². The quantitative estimate of drug-likeness (QED) is 0.695. The van der Waals surface area contributed by atoms with E-state index in [-0.39, 0.29) is 12.0 Å². The van der Waals surface area contributed by atoms with Crippen LogP contribution in [-0.2, 0) is 6.42 Å². The van der Waals surface area contributed by atoms with Gasteiger partial charge in [-0.1, -0.05) is 72.8 Å². The van der Waals surface area contributed by atoms with Gasteiger partial charge in [0, 0.05) is 6.04 Å². The third-order valence-electron chi connectivity index (χ3n) is 4.58. The maximum Gasteiger partial charge on any atom is 0.0991 e. The summed E-state index contributed by atoms with van der Waals surface area (Å²) in [5, 5.41) is 9.22. The molecule has 0 radical (unpaired) electrons. The molecule has 0 heterocycles. The van der Waals surface area contributed by atoms with Crippen LogP contribution in [0, 0.1) is 11.3 Å². The SMILES string of the molecule is N#Cc1cccc([C@@H](Cc2ccccc2)CC(N)c2ccccc2)c1. The smallest absolute Gasteiger partial charge is 0.0991 e. The lowest BCUT2D eigenvalue weighted by molar-refractivity contribution is 0.540. The van der Waals surface area contributed by atoms with Crippen molar-refractivity contribution >= 4 is 0 Å². The highest BCUT2D eigenvalue weighted by molar-refractivity contribution is 5.35. The van der Waals surface area contributed by atoms with E-state index in [1.54, 1.807) is 0 Å². The number of nitrogens with two attached hydrogens (primary N) is 1. The van der Waals surface area contributed by atoms with Crippen molar-refractivity contribution in [1.29, 1.82) is 5.26 Å². The zero-order valence-electron chi connectivity index (χ0n) is 14.2. The van der Waals surface area contributed by atoms with E-state index in [1.165, 1.54) is 11.1 Å². The summed E-state index contributed by atoms with van der Waals surface area (Å²) >= 11 is 0. The van der Waals surface area contributed by atoms with Crippen LogP contribution in [0.15, 0.2) is 84.9 Å². The molecule has 2 heteroatoms. The molecule has 0 bridgehead atoms. The monoisotopic (exact) mass is 326 g/mol. The van der Waals surface area contributed by atoms with Crippen LogP contribution in [-0.4, -0.2) is 0 Å². The topological polar surface area (TPSA) is 49.8 Å². The maximum atomic E-state index is 9.22. The van der Waals surface area contributed by atoms with Gasteiger partial charge in [0.15, 0.2) is 0 Å². The number of hydrogen-bond donors (Lipinski definition) is 1. The molecular weight excluding hydrogens is 304 g/mol. The van der Waals surface area contributed by atoms with Crippen LogP contribution in [0.25, 0.3) is 0 Å².